The summed E-state index contributed by atoms with van der Waals surface area (Å²) < 4.78 is 10.8. The molecule has 1 aromatic rings. The number of urea groups is 1. The Balaban J connectivity index is 2.91. The van der Waals surface area contributed by atoms with E-state index in [1.807, 2.05) is 19.9 Å². The van der Waals surface area contributed by atoms with Crippen molar-refractivity contribution in [1.29, 1.82) is 0 Å². The van der Waals surface area contributed by atoms with Gasteiger partial charge in [-0.15, -0.1) is 0 Å². The second kappa shape index (κ2) is 7.16. The maximum absolute atomic E-state index is 10.5. The molecule has 0 spiro atoms. The van der Waals surface area contributed by atoms with Gasteiger partial charge in [0.05, 0.1) is 19.4 Å². The number of ether oxygens (including phenoxy) is 2. The van der Waals surface area contributed by atoms with E-state index in [1.165, 1.54) is 6.21 Å². The van der Waals surface area contributed by atoms with Gasteiger partial charge in [-0.1, -0.05) is 0 Å². The minimum Gasteiger partial charge on any atom is -0.494 e. The molecule has 0 saturated heterocycles. The van der Waals surface area contributed by atoms with Crippen LogP contribution in [0.25, 0.3) is 0 Å². The van der Waals surface area contributed by atoms with Crippen LogP contribution in [0.3, 0.4) is 0 Å². The first-order valence-electron chi connectivity index (χ1n) is 5.65. The van der Waals surface area contributed by atoms with E-state index in [-0.39, 0.29) is 0 Å². The van der Waals surface area contributed by atoms with E-state index in [9.17, 15) is 4.79 Å². The van der Waals surface area contributed by atoms with Crippen molar-refractivity contribution >= 4 is 12.2 Å². The van der Waals surface area contributed by atoms with E-state index in [0.717, 1.165) is 0 Å². The standard InChI is InChI=1S/C12H17N3O3/c1-3-17-10-5-6-11(18-4-2)9(7-10)8-14-15-12(13)16/h5-8H,3-4H2,1-2H3,(H3,13,15,16)/b14-8+. The summed E-state index contributed by atoms with van der Waals surface area (Å²) in [4.78, 5) is 10.5. The molecule has 0 aromatic heterocycles. The average molecular weight is 251 g/mol. The Hall–Kier alpha value is -2.24. The molecule has 1 aromatic carbocycles. The number of hydrogen-bond acceptors (Lipinski definition) is 4. The third-order valence-electron chi connectivity index (χ3n) is 1.97. The third kappa shape index (κ3) is 4.32. The number of carbonyl (C=O) groups excluding carboxylic acids is 1. The summed E-state index contributed by atoms with van der Waals surface area (Å²) in [5, 5.41) is 3.70. The summed E-state index contributed by atoms with van der Waals surface area (Å²) >= 11 is 0. The molecule has 0 aliphatic rings. The molecule has 18 heavy (non-hydrogen) atoms. The molecule has 6 nitrogen and oxygen atoms in total. The summed E-state index contributed by atoms with van der Waals surface area (Å²) in [6.07, 6.45) is 1.46. The van der Waals surface area contributed by atoms with Crippen molar-refractivity contribution in [2.45, 2.75) is 13.8 Å². The number of hydrazone groups is 1. The molecule has 0 atom stereocenters. The quantitative estimate of drug-likeness (QED) is 0.593. The van der Waals surface area contributed by atoms with Crippen LogP contribution in [0, 0.1) is 0 Å². The largest absolute Gasteiger partial charge is 0.494 e. The van der Waals surface area contributed by atoms with Crippen LogP contribution in [0.2, 0.25) is 0 Å². The van der Waals surface area contributed by atoms with Crippen LogP contribution >= 0.6 is 0 Å². The first-order valence-corrected chi connectivity index (χ1v) is 5.65. The Morgan fingerprint density at radius 3 is 2.72 bits per heavy atom. The van der Waals surface area contributed by atoms with Gasteiger partial charge in [0.1, 0.15) is 11.5 Å². The first-order chi connectivity index (χ1) is 8.67. The zero-order chi connectivity index (χ0) is 13.4. The molecule has 1 rings (SSSR count). The normalized spacial score (nSPS) is 10.3. The summed E-state index contributed by atoms with van der Waals surface area (Å²) in [5.41, 5.74) is 7.74. The predicted octanol–water partition coefficient (Wildman–Crippen LogP) is 1.49. The number of rotatable bonds is 6. The highest BCUT2D eigenvalue weighted by atomic mass is 16.5. The number of benzene rings is 1. The van der Waals surface area contributed by atoms with Gasteiger partial charge in [0.15, 0.2) is 0 Å². The van der Waals surface area contributed by atoms with Crippen LogP contribution in [0.15, 0.2) is 23.3 Å². The molecule has 0 bridgehead atoms. The molecular formula is C12H17N3O3. The fraction of sp³-hybridized carbons (Fsp3) is 0.333. The van der Waals surface area contributed by atoms with E-state index in [0.29, 0.717) is 30.3 Å². The second-order valence-electron chi connectivity index (χ2n) is 3.30. The van der Waals surface area contributed by atoms with Crippen LogP contribution in [-0.2, 0) is 0 Å². The Bertz CT molecular complexity index is 433. The van der Waals surface area contributed by atoms with E-state index >= 15 is 0 Å². The minimum atomic E-state index is -0.717. The first kappa shape index (κ1) is 13.8. The SMILES string of the molecule is CCOc1ccc(OCC)c(/C=N/NC(N)=O)c1. The van der Waals surface area contributed by atoms with Crippen molar-refractivity contribution in [2.75, 3.05) is 13.2 Å². The number of nitrogens with one attached hydrogen (secondary N) is 1. The Morgan fingerprint density at radius 1 is 1.39 bits per heavy atom. The lowest BCUT2D eigenvalue weighted by Gasteiger charge is -2.09. The van der Waals surface area contributed by atoms with Crippen LogP contribution < -0.4 is 20.6 Å². The summed E-state index contributed by atoms with van der Waals surface area (Å²) in [6.45, 7) is 4.90. The van der Waals surface area contributed by atoms with Crippen LogP contribution in [0.1, 0.15) is 19.4 Å². The zero-order valence-corrected chi connectivity index (χ0v) is 10.5. The summed E-state index contributed by atoms with van der Waals surface area (Å²) in [7, 11) is 0. The molecule has 0 radical (unpaired) electrons. The van der Waals surface area contributed by atoms with E-state index in [1.54, 1.807) is 12.1 Å². The van der Waals surface area contributed by atoms with E-state index in [4.69, 9.17) is 15.2 Å². The highest BCUT2D eigenvalue weighted by Crippen LogP contribution is 2.22. The number of nitrogens with zero attached hydrogens (tertiary/aromatic N) is 1. The molecule has 0 heterocycles. The summed E-state index contributed by atoms with van der Waals surface area (Å²) in [5.74, 6) is 1.37. The number of carbonyl (C=O) groups is 1. The highest BCUT2D eigenvalue weighted by molar-refractivity contribution is 5.85. The highest BCUT2D eigenvalue weighted by Gasteiger charge is 2.03. The van der Waals surface area contributed by atoms with E-state index < -0.39 is 6.03 Å². The number of primary amides is 1. The zero-order valence-electron chi connectivity index (χ0n) is 10.5. The molecular weight excluding hydrogens is 234 g/mol. The maximum atomic E-state index is 10.5. The van der Waals surface area contributed by atoms with Crippen molar-refractivity contribution in [3.63, 3.8) is 0 Å². The lowest BCUT2D eigenvalue weighted by atomic mass is 10.2. The topological polar surface area (TPSA) is 85.9 Å². The van der Waals surface area contributed by atoms with Crippen molar-refractivity contribution in [3.05, 3.63) is 23.8 Å². The van der Waals surface area contributed by atoms with Crippen molar-refractivity contribution < 1.29 is 14.3 Å². The van der Waals surface area contributed by atoms with Gasteiger partial charge in [0, 0.05) is 5.56 Å². The lowest BCUT2D eigenvalue weighted by molar-refractivity contribution is 0.249. The molecule has 2 amide bonds. The predicted molar refractivity (Wildman–Crippen MR) is 69.1 cm³/mol. The van der Waals surface area contributed by atoms with E-state index in [2.05, 4.69) is 10.5 Å². The Morgan fingerprint density at radius 2 is 2.11 bits per heavy atom. The van der Waals surface area contributed by atoms with Crippen molar-refractivity contribution in [2.24, 2.45) is 10.8 Å². The molecule has 0 aliphatic heterocycles. The van der Waals surface area contributed by atoms with Gasteiger partial charge in [-0.05, 0) is 32.0 Å². The fourth-order valence-corrected chi connectivity index (χ4v) is 1.34. The van der Waals surface area contributed by atoms with Gasteiger partial charge in [-0.3, -0.25) is 0 Å². The van der Waals surface area contributed by atoms with Gasteiger partial charge in [-0.2, -0.15) is 5.10 Å². The molecule has 6 heteroatoms. The van der Waals surface area contributed by atoms with Gasteiger partial charge in [0.2, 0.25) is 0 Å². The monoisotopic (exact) mass is 251 g/mol. The molecule has 0 saturated carbocycles. The number of amides is 2. The van der Waals surface area contributed by atoms with Gasteiger partial charge < -0.3 is 15.2 Å². The lowest BCUT2D eigenvalue weighted by Crippen LogP contribution is -2.24. The van der Waals surface area contributed by atoms with Crippen LogP contribution in [0.4, 0.5) is 4.79 Å². The van der Waals surface area contributed by atoms with Crippen molar-refractivity contribution in [1.82, 2.24) is 5.43 Å². The second-order valence-corrected chi connectivity index (χ2v) is 3.30. The van der Waals surface area contributed by atoms with Crippen LogP contribution in [0.5, 0.6) is 11.5 Å². The fourth-order valence-electron chi connectivity index (χ4n) is 1.34. The maximum Gasteiger partial charge on any atom is 0.332 e. The van der Waals surface area contributed by atoms with Gasteiger partial charge in [-0.25, -0.2) is 10.2 Å². The Kier molecular flexibility index (Phi) is 5.50. The van der Waals surface area contributed by atoms with Gasteiger partial charge in [0.25, 0.3) is 0 Å². The molecule has 0 aliphatic carbocycles. The minimum absolute atomic E-state index is 0.540. The number of nitrogens with two attached hydrogens (primary N) is 1. The average Bonchev–Trinajstić information content (AvgIpc) is 2.32. The molecule has 0 unspecified atom stereocenters. The molecule has 98 valence electrons. The smallest absolute Gasteiger partial charge is 0.332 e. The van der Waals surface area contributed by atoms with Crippen LogP contribution in [-0.4, -0.2) is 25.5 Å². The molecule has 3 N–H and O–H groups in total. The van der Waals surface area contributed by atoms with Crippen molar-refractivity contribution in [3.8, 4) is 11.5 Å². The third-order valence-corrected chi connectivity index (χ3v) is 1.97. The van der Waals surface area contributed by atoms with Gasteiger partial charge >= 0.3 is 6.03 Å². The molecule has 0 fully saturated rings. The Labute approximate surface area is 106 Å². The summed E-state index contributed by atoms with van der Waals surface area (Å²) in [6, 6.07) is 4.67. The number of hydrogen-bond donors (Lipinski definition) is 2.